The van der Waals surface area contributed by atoms with E-state index < -0.39 is 0 Å². The summed E-state index contributed by atoms with van der Waals surface area (Å²) < 4.78 is 0. The highest BCUT2D eigenvalue weighted by atomic mass is 14.6. The van der Waals surface area contributed by atoms with E-state index in [1.165, 1.54) is 32.1 Å². The maximum absolute atomic E-state index is 5.85. The van der Waals surface area contributed by atoms with E-state index in [4.69, 9.17) is 5.73 Å². The fourth-order valence-corrected chi connectivity index (χ4v) is 3.00. The van der Waals surface area contributed by atoms with Crippen LogP contribution in [0.4, 0.5) is 0 Å². The molecule has 0 heterocycles. The van der Waals surface area contributed by atoms with Crippen LogP contribution in [-0.2, 0) is 0 Å². The summed E-state index contributed by atoms with van der Waals surface area (Å²) >= 11 is 0. The van der Waals surface area contributed by atoms with Crippen molar-refractivity contribution >= 4 is 0 Å². The average molecular weight is 197 g/mol. The molecule has 0 aromatic rings. The smallest absolute Gasteiger partial charge is 0.00462 e. The second-order valence-electron chi connectivity index (χ2n) is 5.36. The van der Waals surface area contributed by atoms with E-state index in [1.54, 1.807) is 0 Å². The lowest BCUT2D eigenvalue weighted by atomic mass is 9.69. The Kier molecular flexibility index (Phi) is 4.94. The minimum Gasteiger partial charge on any atom is -0.330 e. The summed E-state index contributed by atoms with van der Waals surface area (Å²) in [7, 11) is 0. The summed E-state index contributed by atoms with van der Waals surface area (Å²) in [5, 5.41) is 0. The van der Waals surface area contributed by atoms with E-state index >= 15 is 0 Å². The van der Waals surface area contributed by atoms with Gasteiger partial charge in [0.2, 0.25) is 0 Å². The van der Waals surface area contributed by atoms with Crippen molar-refractivity contribution in [3.05, 3.63) is 0 Å². The van der Waals surface area contributed by atoms with Crippen LogP contribution in [0.2, 0.25) is 0 Å². The molecule has 14 heavy (non-hydrogen) atoms. The molecule has 2 N–H and O–H groups in total. The van der Waals surface area contributed by atoms with Crippen LogP contribution in [0.5, 0.6) is 0 Å². The quantitative estimate of drug-likeness (QED) is 0.734. The first-order valence-electron chi connectivity index (χ1n) is 6.39. The standard InChI is InChI=1S/C13H27N/c1-4-5-12-8-11(10(2)3)6-7-13(12)9-14/h10-13H,4-9,14H2,1-3H3. The van der Waals surface area contributed by atoms with Gasteiger partial charge in [-0.15, -0.1) is 0 Å². The van der Waals surface area contributed by atoms with E-state index in [2.05, 4.69) is 20.8 Å². The molecule has 3 atom stereocenters. The van der Waals surface area contributed by atoms with Gasteiger partial charge in [-0.3, -0.25) is 0 Å². The number of hydrogen-bond acceptors (Lipinski definition) is 1. The number of rotatable bonds is 4. The molecule has 1 nitrogen and oxygen atoms in total. The molecule has 1 fully saturated rings. The summed E-state index contributed by atoms with van der Waals surface area (Å²) in [6.07, 6.45) is 6.95. The van der Waals surface area contributed by atoms with E-state index in [0.29, 0.717) is 0 Å². The van der Waals surface area contributed by atoms with Crippen LogP contribution < -0.4 is 5.73 Å². The molecule has 1 heteroatoms. The fourth-order valence-electron chi connectivity index (χ4n) is 3.00. The molecule has 3 unspecified atom stereocenters. The van der Waals surface area contributed by atoms with Crippen LogP contribution >= 0.6 is 0 Å². The predicted octanol–water partition coefficient (Wildman–Crippen LogP) is 3.43. The zero-order valence-electron chi connectivity index (χ0n) is 10.1. The van der Waals surface area contributed by atoms with Gasteiger partial charge in [-0.05, 0) is 49.5 Å². The highest BCUT2D eigenvalue weighted by Gasteiger charge is 2.30. The second kappa shape index (κ2) is 5.75. The van der Waals surface area contributed by atoms with Crippen molar-refractivity contribution in [2.45, 2.75) is 52.9 Å². The van der Waals surface area contributed by atoms with E-state index in [9.17, 15) is 0 Å². The third kappa shape index (κ3) is 2.98. The first kappa shape index (κ1) is 12.0. The van der Waals surface area contributed by atoms with Crippen molar-refractivity contribution in [3.8, 4) is 0 Å². The average Bonchev–Trinajstić information content (AvgIpc) is 2.18. The van der Waals surface area contributed by atoms with E-state index in [1.807, 2.05) is 0 Å². The molecular formula is C13H27N. The molecule has 0 saturated heterocycles. The van der Waals surface area contributed by atoms with Gasteiger partial charge in [0.25, 0.3) is 0 Å². The molecule has 1 saturated carbocycles. The van der Waals surface area contributed by atoms with Gasteiger partial charge >= 0.3 is 0 Å². The normalized spacial score (nSPS) is 33.6. The predicted molar refractivity (Wildman–Crippen MR) is 63.1 cm³/mol. The Morgan fingerprint density at radius 2 is 1.93 bits per heavy atom. The van der Waals surface area contributed by atoms with Gasteiger partial charge in [0.1, 0.15) is 0 Å². The van der Waals surface area contributed by atoms with Gasteiger partial charge in [0.15, 0.2) is 0 Å². The Morgan fingerprint density at radius 3 is 2.43 bits per heavy atom. The summed E-state index contributed by atoms with van der Waals surface area (Å²) in [5.74, 6) is 3.58. The van der Waals surface area contributed by atoms with Crippen LogP contribution in [-0.4, -0.2) is 6.54 Å². The third-order valence-corrected chi connectivity index (χ3v) is 4.09. The lowest BCUT2D eigenvalue weighted by molar-refractivity contribution is 0.143. The molecule has 0 aromatic carbocycles. The highest BCUT2D eigenvalue weighted by Crippen LogP contribution is 2.39. The molecule has 0 bridgehead atoms. The number of hydrogen-bond donors (Lipinski definition) is 1. The summed E-state index contributed by atoms with van der Waals surface area (Å²) in [6.45, 7) is 7.95. The van der Waals surface area contributed by atoms with Crippen LogP contribution in [0.3, 0.4) is 0 Å². The largest absolute Gasteiger partial charge is 0.330 e. The Morgan fingerprint density at radius 1 is 1.21 bits per heavy atom. The van der Waals surface area contributed by atoms with E-state index in [-0.39, 0.29) is 0 Å². The second-order valence-corrected chi connectivity index (χ2v) is 5.36. The molecule has 0 amide bonds. The molecule has 0 radical (unpaired) electrons. The zero-order chi connectivity index (χ0) is 10.6. The lowest BCUT2D eigenvalue weighted by Gasteiger charge is -2.37. The van der Waals surface area contributed by atoms with E-state index in [0.717, 1.165) is 30.2 Å². The Hall–Kier alpha value is -0.0400. The Labute approximate surface area is 89.5 Å². The summed E-state index contributed by atoms with van der Waals surface area (Å²) in [4.78, 5) is 0. The van der Waals surface area contributed by atoms with Gasteiger partial charge in [0.05, 0.1) is 0 Å². The number of nitrogens with two attached hydrogens (primary N) is 1. The van der Waals surface area contributed by atoms with Crippen LogP contribution in [0.1, 0.15) is 52.9 Å². The lowest BCUT2D eigenvalue weighted by Crippen LogP contribution is -2.31. The summed E-state index contributed by atoms with van der Waals surface area (Å²) in [6, 6.07) is 0. The van der Waals surface area contributed by atoms with Crippen molar-refractivity contribution < 1.29 is 0 Å². The molecule has 1 aliphatic carbocycles. The van der Waals surface area contributed by atoms with Crippen LogP contribution in [0.15, 0.2) is 0 Å². The van der Waals surface area contributed by atoms with Gasteiger partial charge in [0, 0.05) is 0 Å². The van der Waals surface area contributed by atoms with Gasteiger partial charge in [-0.25, -0.2) is 0 Å². The molecule has 1 aliphatic rings. The Balaban J connectivity index is 2.48. The SMILES string of the molecule is CCCC1CC(C(C)C)CCC1CN. The van der Waals surface area contributed by atoms with Crippen LogP contribution in [0.25, 0.3) is 0 Å². The van der Waals surface area contributed by atoms with Gasteiger partial charge < -0.3 is 5.73 Å². The van der Waals surface area contributed by atoms with Gasteiger partial charge in [-0.1, -0.05) is 33.6 Å². The minimum absolute atomic E-state index is 0.824. The molecule has 0 spiro atoms. The summed E-state index contributed by atoms with van der Waals surface area (Å²) in [5.41, 5.74) is 5.85. The molecule has 0 aromatic heterocycles. The first-order valence-corrected chi connectivity index (χ1v) is 6.39. The first-order chi connectivity index (χ1) is 6.69. The molecule has 1 rings (SSSR count). The maximum atomic E-state index is 5.85. The van der Waals surface area contributed by atoms with Crippen molar-refractivity contribution in [1.82, 2.24) is 0 Å². The third-order valence-electron chi connectivity index (χ3n) is 4.09. The minimum atomic E-state index is 0.824. The molecule has 84 valence electrons. The Bertz CT molecular complexity index is 153. The fraction of sp³-hybridized carbons (Fsp3) is 1.00. The van der Waals surface area contributed by atoms with Crippen molar-refractivity contribution in [1.29, 1.82) is 0 Å². The monoisotopic (exact) mass is 197 g/mol. The topological polar surface area (TPSA) is 26.0 Å². The van der Waals surface area contributed by atoms with Crippen molar-refractivity contribution in [3.63, 3.8) is 0 Å². The highest BCUT2D eigenvalue weighted by molar-refractivity contribution is 4.81. The van der Waals surface area contributed by atoms with Crippen molar-refractivity contribution in [2.75, 3.05) is 6.54 Å². The molecule has 0 aliphatic heterocycles. The molecular weight excluding hydrogens is 170 g/mol. The van der Waals surface area contributed by atoms with Crippen molar-refractivity contribution in [2.24, 2.45) is 29.4 Å². The maximum Gasteiger partial charge on any atom is -0.00462 e. The zero-order valence-corrected chi connectivity index (χ0v) is 10.1. The van der Waals surface area contributed by atoms with Gasteiger partial charge in [-0.2, -0.15) is 0 Å². The van der Waals surface area contributed by atoms with Crippen LogP contribution in [0, 0.1) is 23.7 Å².